The molecule has 0 unspecified atom stereocenters. The number of aryl methyl sites for hydroxylation is 1. The number of nitrogens with zero attached hydrogens (tertiary/aromatic N) is 4. The molecule has 0 spiro atoms. The highest BCUT2D eigenvalue weighted by Crippen LogP contribution is 2.19. The first-order valence-corrected chi connectivity index (χ1v) is 7.39. The van der Waals surface area contributed by atoms with Crippen LogP contribution >= 0.6 is 15.9 Å². The number of hydrogen-bond acceptors (Lipinski definition) is 4. The lowest BCUT2D eigenvalue weighted by Gasteiger charge is -2.07. The van der Waals surface area contributed by atoms with Crippen LogP contribution in [0.25, 0.3) is 0 Å². The van der Waals surface area contributed by atoms with Gasteiger partial charge in [0, 0.05) is 18.4 Å². The van der Waals surface area contributed by atoms with Gasteiger partial charge < -0.3 is 10.4 Å². The van der Waals surface area contributed by atoms with Crippen molar-refractivity contribution in [1.82, 2.24) is 24.9 Å². The normalized spacial score (nSPS) is 10.7. The van der Waals surface area contributed by atoms with E-state index in [0.717, 1.165) is 15.9 Å². The number of carbonyl (C=O) groups excluding carboxylic acids is 1. The second kappa shape index (κ2) is 6.73. The molecule has 0 saturated heterocycles. The highest BCUT2D eigenvalue weighted by atomic mass is 79.9. The Hall–Kier alpha value is -2.16. The fourth-order valence-corrected chi connectivity index (χ4v) is 2.24. The Kier molecular flexibility index (Phi) is 4.96. The van der Waals surface area contributed by atoms with E-state index in [2.05, 4.69) is 31.4 Å². The fourth-order valence-electron chi connectivity index (χ4n) is 1.96. The molecule has 9 heteroatoms. The molecular formula is C13H16BrN5O3. The Bertz CT molecular complexity index is 707. The maximum absolute atomic E-state index is 11.8. The van der Waals surface area contributed by atoms with Crippen LogP contribution in [-0.4, -0.2) is 43.1 Å². The van der Waals surface area contributed by atoms with E-state index in [0.29, 0.717) is 13.1 Å². The van der Waals surface area contributed by atoms with Crippen LogP contribution in [0.4, 0.5) is 0 Å². The number of hydrogen-bond donors (Lipinski definition) is 2. The minimum atomic E-state index is -1.07. The molecule has 8 nitrogen and oxygen atoms in total. The summed E-state index contributed by atoms with van der Waals surface area (Å²) in [6, 6.07) is 0. The van der Waals surface area contributed by atoms with Gasteiger partial charge in [0.1, 0.15) is 6.54 Å². The van der Waals surface area contributed by atoms with Crippen molar-refractivity contribution in [1.29, 1.82) is 0 Å². The molecule has 2 aromatic heterocycles. The van der Waals surface area contributed by atoms with Crippen molar-refractivity contribution in [2.45, 2.75) is 26.9 Å². The van der Waals surface area contributed by atoms with Crippen molar-refractivity contribution in [3.63, 3.8) is 0 Å². The number of amides is 1. The van der Waals surface area contributed by atoms with Crippen molar-refractivity contribution in [3.05, 3.63) is 33.8 Å². The van der Waals surface area contributed by atoms with Crippen LogP contribution in [0.5, 0.6) is 0 Å². The summed E-state index contributed by atoms with van der Waals surface area (Å²) >= 11 is 3.45. The molecule has 1 amide bonds. The molecule has 0 atom stereocenters. The SMILES string of the molecule is Cc1nn(CCNC(=O)Cn2cc(C(=O)O)cn2)c(C)c1Br. The molecule has 2 N–H and O–H groups in total. The number of carbonyl (C=O) groups is 2. The van der Waals surface area contributed by atoms with E-state index in [1.165, 1.54) is 17.1 Å². The van der Waals surface area contributed by atoms with E-state index in [1.807, 2.05) is 18.5 Å². The van der Waals surface area contributed by atoms with Gasteiger partial charge in [-0.05, 0) is 29.8 Å². The molecule has 2 aromatic rings. The predicted octanol–water partition coefficient (Wildman–Crippen LogP) is 0.974. The average molecular weight is 370 g/mol. The maximum Gasteiger partial charge on any atom is 0.338 e. The van der Waals surface area contributed by atoms with Crippen LogP contribution in [0.15, 0.2) is 16.9 Å². The van der Waals surface area contributed by atoms with Gasteiger partial charge in [-0.15, -0.1) is 0 Å². The lowest BCUT2D eigenvalue weighted by atomic mass is 10.4. The molecule has 0 radical (unpaired) electrons. The van der Waals surface area contributed by atoms with Crippen LogP contribution < -0.4 is 5.32 Å². The Balaban J connectivity index is 1.82. The smallest absolute Gasteiger partial charge is 0.338 e. The second-order valence-corrected chi connectivity index (χ2v) is 5.58. The standard InChI is InChI=1S/C13H16BrN5O3/c1-8-12(14)9(2)19(17-8)4-3-15-11(20)7-18-6-10(5-16-18)13(21)22/h5-6H,3-4,7H2,1-2H3,(H,15,20)(H,21,22). The zero-order valence-corrected chi connectivity index (χ0v) is 13.8. The minimum Gasteiger partial charge on any atom is -0.478 e. The Morgan fingerprint density at radius 3 is 2.68 bits per heavy atom. The third kappa shape index (κ3) is 3.73. The third-order valence-electron chi connectivity index (χ3n) is 3.12. The van der Waals surface area contributed by atoms with Gasteiger partial charge in [0.2, 0.25) is 5.91 Å². The van der Waals surface area contributed by atoms with E-state index < -0.39 is 5.97 Å². The zero-order chi connectivity index (χ0) is 16.3. The highest BCUT2D eigenvalue weighted by molar-refractivity contribution is 9.10. The highest BCUT2D eigenvalue weighted by Gasteiger charge is 2.10. The van der Waals surface area contributed by atoms with Gasteiger partial charge in [0.25, 0.3) is 0 Å². The zero-order valence-electron chi connectivity index (χ0n) is 12.2. The molecule has 0 aliphatic rings. The summed E-state index contributed by atoms with van der Waals surface area (Å²) in [4.78, 5) is 22.5. The molecule has 0 aliphatic heterocycles. The molecule has 0 aliphatic carbocycles. The summed E-state index contributed by atoms with van der Waals surface area (Å²) in [7, 11) is 0. The first-order valence-electron chi connectivity index (χ1n) is 6.60. The van der Waals surface area contributed by atoms with E-state index in [-0.39, 0.29) is 18.0 Å². The Morgan fingerprint density at radius 2 is 2.14 bits per heavy atom. The van der Waals surface area contributed by atoms with Gasteiger partial charge in [-0.1, -0.05) is 0 Å². The molecule has 0 fully saturated rings. The van der Waals surface area contributed by atoms with Gasteiger partial charge in [-0.3, -0.25) is 14.2 Å². The molecule has 118 valence electrons. The average Bonchev–Trinajstić information content (AvgIpc) is 3.01. The molecule has 2 heterocycles. The quantitative estimate of drug-likeness (QED) is 0.789. The minimum absolute atomic E-state index is 0.0198. The maximum atomic E-state index is 11.8. The number of aromatic carboxylic acids is 1. The van der Waals surface area contributed by atoms with Gasteiger partial charge in [0.05, 0.1) is 28.5 Å². The summed E-state index contributed by atoms with van der Waals surface area (Å²) in [6.45, 7) is 4.82. The van der Waals surface area contributed by atoms with Gasteiger partial charge in [-0.2, -0.15) is 10.2 Å². The van der Waals surface area contributed by atoms with Crippen LogP contribution in [0, 0.1) is 13.8 Å². The molecule has 2 rings (SSSR count). The number of rotatable bonds is 6. The van der Waals surface area contributed by atoms with Gasteiger partial charge in [-0.25, -0.2) is 4.79 Å². The van der Waals surface area contributed by atoms with E-state index >= 15 is 0 Å². The number of carboxylic acid groups (broad SMARTS) is 1. The molecular weight excluding hydrogens is 354 g/mol. The Morgan fingerprint density at radius 1 is 1.41 bits per heavy atom. The largest absolute Gasteiger partial charge is 0.478 e. The monoisotopic (exact) mass is 369 g/mol. The number of carboxylic acids is 1. The summed E-state index contributed by atoms with van der Waals surface area (Å²) < 4.78 is 4.08. The van der Waals surface area contributed by atoms with Crippen molar-refractivity contribution in [2.24, 2.45) is 0 Å². The number of aromatic nitrogens is 4. The summed E-state index contributed by atoms with van der Waals surface area (Å²) in [6.07, 6.45) is 2.53. The molecule has 0 bridgehead atoms. The molecule has 0 saturated carbocycles. The summed E-state index contributed by atoms with van der Waals surface area (Å²) in [5.41, 5.74) is 1.96. The third-order valence-corrected chi connectivity index (χ3v) is 4.27. The lowest BCUT2D eigenvalue weighted by Crippen LogP contribution is -2.31. The number of nitrogens with one attached hydrogen (secondary N) is 1. The van der Waals surface area contributed by atoms with Crippen molar-refractivity contribution in [3.8, 4) is 0 Å². The van der Waals surface area contributed by atoms with E-state index in [4.69, 9.17) is 5.11 Å². The predicted molar refractivity (Wildman–Crippen MR) is 81.6 cm³/mol. The summed E-state index contributed by atoms with van der Waals surface area (Å²) in [5, 5.41) is 19.7. The first kappa shape index (κ1) is 16.2. The van der Waals surface area contributed by atoms with Crippen LogP contribution in [0.2, 0.25) is 0 Å². The number of halogens is 1. The first-order chi connectivity index (χ1) is 10.4. The van der Waals surface area contributed by atoms with Crippen molar-refractivity contribution in [2.75, 3.05) is 6.54 Å². The van der Waals surface area contributed by atoms with Crippen molar-refractivity contribution >= 4 is 27.8 Å². The van der Waals surface area contributed by atoms with E-state index in [1.54, 1.807) is 0 Å². The van der Waals surface area contributed by atoms with E-state index in [9.17, 15) is 9.59 Å². The van der Waals surface area contributed by atoms with Crippen molar-refractivity contribution < 1.29 is 14.7 Å². The topological polar surface area (TPSA) is 102 Å². The lowest BCUT2D eigenvalue weighted by molar-refractivity contribution is -0.121. The molecule has 0 aromatic carbocycles. The van der Waals surface area contributed by atoms with Crippen LogP contribution in [0.3, 0.4) is 0 Å². The van der Waals surface area contributed by atoms with Crippen LogP contribution in [0.1, 0.15) is 21.7 Å². The fraction of sp³-hybridized carbons (Fsp3) is 0.385. The Labute approximate surface area is 135 Å². The van der Waals surface area contributed by atoms with Gasteiger partial charge in [0.15, 0.2) is 0 Å². The summed E-state index contributed by atoms with van der Waals surface area (Å²) in [5.74, 6) is -1.30. The van der Waals surface area contributed by atoms with Gasteiger partial charge >= 0.3 is 5.97 Å². The molecule has 22 heavy (non-hydrogen) atoms. The van der Waals surface area contributed by atoms with Crippen LogP contribution in [-0.2, 0) is 17.9 Å². The second-order valence-electron chi connectivity index (χ2n) is 4.79.